The van der Waals surface area contributed by atoms with Gasteiger partial charge in [-0.15, -0.1) is 12.4 Å². The Labute approximate surface area is 120 Å². The van der Waals surface area contributed by atoms with E-state index in [1.807, 2.05) is 30.3 Å². The number of rotatable bonds is 5. The Kier molecular flexibility index (Phi) is 6.84. The number of ether oxygens (including phenoxy) is 1. The maximum atomic E-state index is 11.7. The van der Waals surface area contributed by atoms with Gasteiger partial charge in [0.2, 0.25) is 5.91 Å². The van der Waals surface area contributed by atoms with Crippen LogP contribution < -0.4 is 11.1 Å². The minimum atomic E-state index is -0.240. The van der Waals surface area contributed by atoms with Crippen molar-refractivity contribution in [2.75, 3.05) is 13.2 Å². The minimum absolute atomic E-state index is 0. The molecule has 4 nitrogen and oxygen atoms in total. The third-order valence-electron chi connectivity index (χ3n) is 3.18. The van der Waals surface area contributed by atoms with Gasteiger partial charge in [-0.05, 0) is 18.4 Å². The van der Waals surface area contributed by atoms with Gasteiger partial charge in [-0.2, -0.15) is 0 Å². The van der Waals surface area contributed by atoms with Gasteiger partial charge < -0.3 is 15.8 Å². The number of carbonyl (C=O) groups excluding carboxylic acids is 1. The average molecular weight is 285 g/mol. The van der Waals surface area contributed by atoms with E-state index < -0.39 is 0 Å². The van der Waals surface area contributed by atoms with Gasteiger partial charge in [-0.3, -0.25) is 4.79 Å². The summed E-state index contributed by atoms with van der Waals surface area (Å²) in [5.41, 5.74) is 6.98. The fraction of sp³-hybridized carbons (Fsp3) is 0.500. The molecule has 1 aliphatic rings. The van der Waals surface area contributed by atoms with Crippen molar-refractivity contribution in [2.45, 2.75) is 31.4 Å². The first-order chi connectivity index (χ1) is 8.75. The maximum absolute atomic E-state index is 11.7. The zero-order valence-corrected chi connectivity index (χ0v) is 11.7. The van der Waals surface area contributed by atoms with Crippen LogP contribution in [0.5, 0.6) is 0 Å². The SMILES string of the molecule is Cl.NC(CC(=O)NCC1CCCO1)c1ccccc1. The predicted molar refractivity (Wildman–Crippen MR) is 77.2 cm³/mol. The zero-order chi connectivity index (χ0) is 12.8. The highest BCUT2D eigenvalue weighted by Crippen LogP contribution is 2.14. The molecule has 3 N–H and O–H groups in total. The Balaban J connectivity index is 0.00000180. The molecular formula is C14H21ClN2O2. The Morgan fingerprint density at radius 3 is 2.79 bits per heavy atom. The number of benzene rings is 1. The predicted octanol–water partition coefficient (Wildman–Crippen LogP) is 1.79. The molecule has 19 heavy (non-hydrogen) atoms. The number of hydrogen-bond donors (Lipinski definition) is 2. The Hall–Kier alpha value is -1.10. The quantitative estimate of drug-likeness (QED) is 0.866. The van der Waals surface area contributed by atoms with Gasteiger partial charge in [0.25, 0.3) is 0 Å². The second kappa shape index (κ2) is 8.15. The standard InChI is InChI=1S/C14H20N2O2.ClH/c15-13(11-5-2-1-3-6-11)9-14(17)16-10-12-7-4-8-18-12;/h1-3,5-6,12-13H,4,7-10,15H2,(H,16,17);1H. The van der Waals surface area contributed by atoms with Crippen LogP contribution >= 0.6 is 12.4 Å². The molecular weight excluding hydrogens is 264 g/mol. The molecule has 1 saturated heterocycles. The van der Waals surface area contributed by atoms with Gasteiger partial charge >= 0.3 is 0 Å². The number of carbonyl (C=O) groups is 1. The fourth-order valence-corrected chi connectivity index (χ4v) is 2.12. The summed E-state index contributed by atoms with van der Waals surface area (Å²) in [6.07, 6.45) is 2.62. The van der Waals surface area contributed by atoms with Gasteiger partial charge in [0, 0.05) is 25.6 Å². The van der Waals surface area contributed by atoms with Crippen molar-refractivity contribution in [1.82, 2.24) is 5.32 Å². The first kappa shape index (κ1) is 16.0. The van der Waals surface area contributed by atoms with E-state index in [0.717, 1.165) is 25.0 Å². The van der Waals surface area contributed by atoms with E-state index >= 15 is 0 Å². The first-order valence-corrected chi connectivity index (χ1v) is 6.44. The highest BCUT2D eigenvalue weighted by molar-refractivity contribution is 5.85. The van der Waals surface area contributed by atoms with E-state index in [4.69, 9.17) is 10.5 Å². The molecule has 0 bridgehead atoms. The molecule has 5 heteroatoms. The van der Waals surface area contributed by atoms with E-state index in [9.17, 15) is 4.79 Å². The lowest BCUT2D eigenvalue weighted by atomic mass is 10.0. The number of nitrogens with two attached hydrogens (primary N) is 1. The van der Waals surface area contributed by atoms with Crippen molar-refractivity contribution in [3.05, 3.63) is 35.9 Å². The van der Waals surface area contributed by atoms with Crippen molar-refractivity contribution >= 4 is 18.3 Å². The molecule has 1 aromatic carbocycles. The van der Waals surface area contributed by atoms with Gasteiger partial charge in [-0.25, -0.2) is 0 Å². The third kappa shape index (κ3) is 5.19. The molecule has 1 aromatic rings. The van der Waals surface area contributed by atoms with Crippen molar-refractivity contribution in [3.63, 3.8) is 0 Å². The summed E-state index contributed by atoms with van der Waals surface area (Å²) in [5.74, 6) is -0.0122. The second-order valence-corrected chi connectivity index (χ2v) is 4.66. The Morgan fingerprint density at radius 1 is 1.42 bits per heavy atom. The lowest BCUT2D eigenvalue weighted by molar-refractivity contribution is -0.121. The average Bonchev–Trinajstić information content (AvgIpc) is 2.90. The first-order valence-electron chi connectivity index (χ1n) is 6.44. The Bertz CT molecular complexity index is 380. The molecule has 1 heterocycles. The van der Waals surface area contributed by atoms with Crippen LogP contribution in [0, 0.1) is 0 Å². The summed E-state index contributed by atoms with van der Waals surface area (Å²) in [4.78, 5) is 11.7. The van der Waals surface area contributed by atoms with E-state index in [0.29, 0.717) is 13.0 Å². The Morgan fingerprint density at radius 2 is 2.16 bits per heavy atom. The molecule has 106 valence electrons. The van der Waals surface area contributed by atoms with Gasteiger partial charge in [0.15, 0.2) is 0 Å². The van der Waals surface area contributed by atoms with E-state index in [1.54, 1.807) is 0 Å². The monoisotopic (exact) mass is 284 g/mol. The van der Waals surface area contributed by atoms with Crippen molar-refractivity contribution in [1.29, 1.82) is 0 Å². The van der Waals surface area contributed by atoms with Gasteiger partial charge in [-0.1, -0.05) is 30.3 Å². The van der Waals surface area contributed by atoms with Crippen molar-refractivity contribution in [2.24, 2.45) is 5.73 Å². The third-order valence-corrected chi connectivity index (χ3v) is 3.18. The van der Waals surface area contributed by atoms with Crippen LogP contribution in [0.15, 0.2) is 30.3 Å². The second-order valence-electron chi connectivity index (χ2n) is 4.66. The number of hydrogen-bond acceptors (Lipinski definition) is 3. The normalized spacial score (nSPS) is 19.5. The topological polar surface area (TPSA) is 64.4 Å². The molecule has 2 atom stereocenters. The van der Waals surface area contributed by atoms with Gasteiger partial charge in [0.1, 0.15) is 0 Å². The molecule has 1 aliphatic heterocycles. The van der Waals surface area contributed by atoms with E-state index in [2.05, 4.69) is 5.32 Å². The smallest absolute Gasteiger partial charge is 0.221 e. The van der Waals surface area contributed by atoms with Gasteiger partial charge in [0.05, 0.1) is 6.10 Å². The lowest BCUT2D eigenvalue weighted by Gasteiger charge is -2.14. The summed E-state index contributed by atoms with van der Waals surface area (Å²) in [6.45, 7) is 1.41. The van der Waals surface area contributed by atoms with E-state index in [-0.39, 0.29) is 30.5 Å². The minimum Gasteiger partial charge on any atom is -0.376 e. The molecule has 0 spiro atoms. The van der Waals surface area contributed by atoms with Crippen LogP contribution in [-0.2, 0) is 9.53 Å². The molecule has 1 amide bonds. The lowest BCUT2D eigenvalue weighted by Crippen LogP contribution is -2.33. The summed E-state index contributed by atoms with van der Waals surface area (Å²) in [6, 6.07) is 9.44. The molecule has 0 radical (unpaired) electrons. The summed E-state index contributed by atoms with van der Waals surface area (Å²) >= 11 is 0. The van der Waals surface area contributed by atoms with Crippen molar-refractivity contribution < 1.29 is 9.53 Å². The largest absolute Gasteiger partial charge is 0.376 e. The number of nitrogens with one attached hydrogen (secondary N) is 1. The highest BCUT2D eigenvalue weighted by atomic mass is 35.5. The van der Waals surface area contributed by atoms with Crippen LogP contribution in [0.2, 0.25) is 0 Å². The number of amides is 1. The number of halogens is 1. The summed E-state index contributed by atoms with van der Waals surface area (Å²) < 4.78 is 5.45. The van der Waals surface area contributed by atoms with Crippen LogP contribution in [0.4, 0.5) is 0 Å². The molecule has 2 rings (SSSR count). The molecule has 0 saturated carbocycles. The highest BCUT2D eigenvalue weighted by Gasteiger charge is 2.17. The van der Waals surface area contributed by atoms with Crippen LogP contribution in [0.3, 0.4) is 0 Å². The summed E-state index contributed by atoms with van der Waals surface area (Å²) in [5, 5.41) is 2.88. The van der Waals surface area contributed by atoms with Crippen LogP contribution in [-0.4, -0.2) is 25.2 Å². The molecule has 0 aliphatic carbocycles. The van der Waals surface area contributed by atoms with Crippen LogP contribution in [0.25, 0.3) is 0 Å². The molecule has 1 fully saturated rings. The van der Waals surface area contributed by atoms with Crippen molar-refractivity contribution in [3.8, 4) is 0 Å². The molecule has 0 aromatic heterocycles. The van der Waals surface area contributed by atoms with E-state index in [1.165, 1.54) is 0 Å². The van der Waals surface area contributed by atoms with Crippen LogP contribution in [0.1, 0.15) is 30.9 Å². The fourth-order valence-electron chi connectivity index (χ4n) is 2.12. The molecule has 2 unspecified atom stereocenters. The maximum Gasteiger partial charge on any atom is 0.221 e. The summed E-state index contributed by atoms with van der Waals surface area (Å²) in [7, 11) is 0. The zero-order valence-electron chi connectivity index (χ0n) is 10.9.